The number of para-hydroxylation sites is 1. The van der Waals surface area contributed by atoms with E-state index in [4.69, 9.17) is 9.84 Å². The Labute approximate surface area is 110 Å². The molecule has 0 spiro atoms. The Bertz CT molecular complexity index is 488. The van der Waals surface area contributed by atoms with Gasteiger partial charge in [-0.05, 0) is 12.5 Å². The molecular formula is C13H15NO5. The lowest BCUT2D eigenvalue weighted by Gasteiger charge is -2.21. The maximum atomic E-state index is 11.6. The summed E-state index contributed by atoms with van der Waals surface area (Å²) in [5, 5.41) is 18.4. The minimum atomic E-state index is -0.901. The molecule has 1 aromatic carbocycles. The van der Waals surface area contributed by atoms with E-state index in [-0.39, 0.29) is 31.4 Å². The van der Waals surface area contributed by atoms with Gasteiger partial charge in [-0.3, -0.25) is 9.69 Å². The number of cyclic esters (lactones) is 1. The van der Waals surface area contributed by atoms with Gasteiger partial charge in [0.1, 0.15) is 12.4 Å². The summed E-state index contributed by atoms with van der Waals surface area (Å²) in [7, 11) is 0. The molecule has 1 aromatic rings. The number of carboxylic acid groups (broad SMARTS) is 1. The van der Waals surface area contributed by atoms with Crippen LogP contribution in [-0.2, 0) is 16.1 Å². The van der Waals surface area contributed by atoms with Gasteiger partial charge in [-0.15, -0.1) is 0 Å². The molecule has 0 aromatic heterocycles. The highest BCUT2D eigenvalue weighted by atomic mass is 16.6. The molecule has 2 rings (SSSR count). The van der Waals surface area contributed by atoms with E-state index in [2.05, 4.69) is 0 Å². The zero-order chi connectivity index (χ0) is 13.8. The summed E-state index contributed by atoms with van der Waals surface area (Å²) in [4.78, 5) is 23.6. The van der Waals surface area contributed by atoms with Crippen molar-refractivity contribution in [2.45, 2.75) is 25.4 Å². The van der Waals surface area contributed by atoms with Crippen LogP contribution in [-0.4, -0.2) is 39.8 Å². The van der Waals surface area contributed by atoms with Crippen LogP contribution in [0.3, 0.4) is 0 Å². The molecule has 0 bridgehead atoms. The summed E-state index contributed by atoms with van der Waals surface area (Å²) in [5.41, 5.74) is 0.613. The van der Waals surface area contributed by atoms with Gasteiger partial charge in [0.05, 0.1) is 12.6 Å². The molecule has 0 aliphatic carbocycles. The SMILES string of the molecule is O=C(O)CCC1COC(=O)N1Cc1ccccc1O. The van der Waals surface area contributed by atoms with Crippen molar-refractivity contribution in [3.8, 4) is 5.75 Å². The number of hydrogen-bond donors (Lipinski definition) is 2. The zero-order valence-electron chi connectivity index (χ0n) is 10.3. The van der Waals surface area contributed by atoms with Crippen LogP contribution in [0.15, 0.2) is 24.3 Å². The molecule has 1 fully saturated rings. The van der Waals surface area contributed by atoms with Crippen LogP contribution >= 0.6 is 0 Å². The van der Waals surface area contributed by atoms with Crippen LogP contribution in [0.4, 0.5) is 4.79 Å². The summed E-state index contributed by atoms with van der Waals surface area (Å²) in [6.07, 6.45) is -0.147. The standard InChI is InChI=1S/C13H15NO5/c15-11-4-2-1-3-9(11)7-14-10(5-6-12(16)17)8-19-13(14)18/h1-4,10,15H,5-8H2,(H,16,17). The fraction of sp³-hybridized carbons (Fsp3) is 0.385. The number of rotatable bonds is 5. The highest BCUT2D eigenvalue weighted by Crippen LogP contribution is 2.24. The van der Waals surface area contributed by atoms with E-state index in [0.29, 0.717) is 12.0 Å². The monoisotopic (exact) mass is 265 g/mol. The normalized spacial score (nSPS) is 18.4. The number of aromatic hydroxyl groups is 1. The molecule has 6 nitrogen and oxygen atoms in total. The third kappa shape index (κ3) is 3.15. The summed E-state index contributed by atoms with van der Waals surface area (Å²) >= 11 is 0. The van der Waals surface area contributed by atoms with Gasteiger partial charge in [-0.1, -0.05) is 18.2 Å². The average molecular weight is 265 g/mol. The van der Waals surface area contributed by atoms with Crippen LogP contribution in [0.1, 0.15) is 18.4 Å². The van der Waals surface area contributed by atoms with Crippen molar-refractivity contribution in [1.82, 2.24) is 4.90 Å². The highest BCUT2D eigenvalue weighted by molar-refractivity contribution is 5.71. The number of phenols is 1. The van der Waals surface area contributed by atoms with E-state index in [1.54, 1.807) is 24.3 Å². The Morgan fingerprint density at radius 3 is 2.84 bits per heavy atom. The number of ether oxygens (including phenoxy) is 1. The number of amides is 1. The molecule has 1 amide bonds. The lowest BCUT2D eigenvalue weighted by Crippen LogP contribution is -2.33. The van der Waals surface area contributed by atoms with Crippen molar-refractivity contribution in [3.63, 3.8) is 0 Å². The van der Waals surface area contributed by atoms with E-state index in [1.165, 1.54) is 4.90 Å². The van der Waals surface area contributed by atoms with Gasteiger partial charge in [-0.25, -0.2) is 4.79 Å². The summed E-state index contributed by atoms with van der Waals surface area (Å²) < 4.78 is 4.93. The molecule has 1 atom stereocenters. The molecule has 1 unspecified atom stereocenters. The number of carboxylic acids is 1. The Kier molecular flexibility index (Phi) is 3.89. The topological polar surface area (TPSA) is 87.1 Å². The van der Waals surface area contributed by atoms with E-state index in [0.717, 1.165) is 0 Å². The lowest BCUT2D eigenvalue weighted by atomic mass is 10.1. The molecule has 2 N–H and O–H groups in total. The summed E-state index contributed by atoms with van der Waals surface area (Å²) in [5.74, 6) is -0.791. The van der Waals surface area contributed by atoms with Crippen molar-refractivity contribution < 1.29 is 24.5 Å². The third-order valence-electron chi connectivity index (χ3n) is 3.10. The number of aliphatic carboxylic acids is 1. The average Bonchev–Trinajstić information content (AvgIpc) is 2.71. The number of carbonyl (C=O) groups excluding carboxylic acids is 1. The second kappa shape index (κ2) is 5.60. The Balaban J connectivity index is 2.05. The van der Waals surface area contributed by atoms with Crippen LogP contribution in [0.25, 0.3) is 0 Å². The molecule has 6 heteroatoms. The molecule has 1 aliphatic rings. The fourth-order valence-electron chi connectivity index (χ4n) is 2.04. The second-order valence-corrected chi connectivity index (χ2v) is 4.42. The van der Waals surface area contributed by atoms with Crippen molar-refractivity contribution in [1.29, 1.82) is 0 Å². The lowest BCUT2D eigenvalue weighted by molar-refractivity contribution is -0.137. The maximum Gasteiger partial charge on any atom is 0.410 e. The van der Waals surface area contributed by atoms with Gasteiger partial charge < -0.3 is 14.9 Å². The van der Waals surface area contributed by atoms with Crippen LogP contribution in [0.2, 0.25) is 0 Å². The first-order chi connectivity index (χ1) is 9.08. The Hall–Kier alpha value is -2.24. The summed E-state index contributed by atoms with van der Waals surface area (Å²) in [6.45, 7) is 0.412. The Morgan fingerprint density at radius 1 is 1.42 bits per heavy atom. The quantitative estimate of drug-likeness (QED) is 0.844. The largest absolute Gasteiger partial charge is 0.508 e. The van der Waals surface area contributed by atoms with Crippen molar-refractivity contribution >= 4 is 12.1 Å². The van der Waals surface area contributed by atoms with E-state index in [1.807, 2.05) is 0 Å². The number of benzene rings is 1. The molecule has 19 heavy (non-hydrogen) atoms. The van der Waals surface area contributed by atoms with Gasteiger partial charge in [0.25, 0.3) is 0 Å². The predicted molar refractivity (Wildman–Crippen MR) is 65.7 cm³/mol. The number of hydrogen-bond acceptors (Lipinski definition) is 4. The van der Waals surface area contributed by atoms with Gasteiger partial charge in [-0.2, -0.15) is 0 Å². The van der Waals surface area contributed by atoms with Crippen molar-refractivity contribution in [2.75, 3.05) is 6.61 Å². The zero-order valence-corrected chi connectivity index (χ0v) is 10.3. The van der Waals surface area contributed by atoms with Crippen LogP contribution < -0.4 is 0 Å². The van der Waals surface area contributed by atoms with Crippen molar-refractivity contribution in [3.05, 3.63) is 29.8 Å². The van der Waals surface area contributed by atoms with E-state index >= 15 is 0 Å². The van der Waals surface area contributed by atoms with E-state index < -0.39 is 12.1 Å². The second-order valence-electron chi connectivity index (χ2n) is 4.42. The smallest absolute Gasteiger partial charge is 0.410 e. The maximum absolute atomic E-state index is 11.6. The van der Waals surface area contributed by atoms with Gasteiger partial charge in [0.2, 0.25) is 0 Å². The van der Waals surface area contributed by atoms with Crippen molar-refractivity contribution in [2.24, 2.45) is 0 Å². The number of nitrogens with zero attached hydrogens (tertiary/aromatic N) is 1. The molecule has 0 saturated carbocycles. The molecule has 1 saturated heterocycles. The minimum Gasteiger partial charge on any atom is -0.508 e. The number of carbonyl (C=O) groups is 2. The third-order valence-corrected chi connectivity index (χ3v) is 3.10. The molecule has 0 radical (unpaired) electrons. The fourth-order valence-corrected chi connectivity index (χ4v) is 2.04. The molecular weight excluding hydrogens is 250 g/mol. The van der Waals surface area contributed by atoms with Gasteiger partial charge in [0, 0.05) is 12.0 Å². The minimum absolute atomic E-state index is 0.0153. The van der Waals surface area contributed by atoms with E-state index in [9.17, 15) is 14.7 Å². The molecule has 1 heterocycles. The number of phenolic OH excluding ortho intramolecular Hbond substituents is 1. The van der Waals surface area contributed by atoms with Crippen LogP contribution in [0, 0.1) is 0 Å². The first kappa shape index (κ1) is 13.2. The predicted octanol–water partition coefficient (Wildman–Crippen LogP) is 1.58. The highest BCUT2D eigenvalue weighted by Gasteiger charge is 2.33. The molecule has 1 aliphatic heterocycles. The van der Waals surface area contributed by atoms with Gasteiger partial charge >= 0.3 is 12.1 Å². The van der Waals surface area contributed by atoms with Gasteiger partial charge in [0.15, 0.2) is 0 Å². The Morgan fingerprint density at radius 2 is 2.16 bits per heavy atom. The first-order valence-electron chi connectivity index (χ1n) is 6.00. The first-order valence-corrected chi connectivity index (χ1v) is 6.00. The molecule has 102 valence electrons. The summed E-state index contributed by atoms with van der Waals surface area (Å²) in [6, 6.07) is 6.47. The van der Waals surface area contributed by atoms with Crippen LogP contribution in [0.5, 0.6) is 5.75 Å².